The summed E-state index contributed by atoms with van der Waals surface area (Å²) in [5, 5.41) is 7.15. The Kier molecular flexibility index (Phi) is 5.67. The van der Waals surface area contributed by atoms with Crippen LogP contribution >= 0.6 is 23.8 Å². The van der Waals surface area contributed by atoms with E-state index in [2.05, 4.69) is 15.5 Å². The van der Waals surface area contributed by atoms with Crippen LogP contribution in [0.15, 0.2) is 18.2 Å². The van der Waals surface area contributed by atoms with Gasteiger partial charge in [-0.15, -0.1) is 0 Å². The molecule has 162 valence electrons. The molecule has 0 radical (unpaired) electrons. The van der Waals surface area contributed by atoms with E-state index < -0.39 is 0 Å². The molecule has 5 nitrogen and oxygen atoms in total. The Morgan fingerprint density at radius 1 is 1.13 bits per heavy atom. The lowest BCUT2D eigenvalue weighted by Crippen LogP contribution is -2.48. The SMILES string of the molecule is O=C(CC12CC3CC(CC(C3)C1)C2)NC(=S)Nc1cc(Cl)ccc1N1CCOCC1. The standard InChI is InChI=1S/C23H30ClN3O2S/c24-18-1-2-20(27-3-5-29-6-4-27)19(10-18)25-22(30)26-21(28)14-23-11-15-7-16(12-23)9-17(8-15)13-23/h1-2,10,15-17H,3-9,11-14H2,(H2,25,26,28,30). The van der Waals surface area contributed by atoms with Gasteiger partial charge in [-0.05, 0) is 92.1 Å². The zero-order valence-electron chi connectivity index (χ0n) is 17.3. The third-order valence-electron chi connectivity index (χ3n) is 7.51. The van der Waals surface area contributed by atoms with Crippen molar-refractivity contribution in [2.24, 2.45) is 23.2 Å². The number of ether oxygens (including phenoxy) is 1. The van der Waals surface area contributed by atoms with Gasteiger partial charge in [-0.25, -0.2) is 0 Å². The van der Waals surface area contributed by atoms with Gasteiger partial charge in [0.25, 0.3) is 0 Å². The smallest absolute Gasteiger partial charge is 0.226 e. The zero-order valence-corrected chi connectivity index (χ0v) is 18.9. The molecule has 4 bridgehead atoms. The number of benzene rings is 1. The summed E-state index contributed by atoms with van der Waals surface area (Å²) >= 11 is 11.7. The first-order chi connectivity index (χ1) is 14.5. The lowest BCUT2D eigenvalue weighted by Gasteiger charge is -2.56. The van der Waals surface area contributed by atoms with Gasteiger partial charge in [-0.3, -0.25) is 4.79 Å². The van der Waals surface area contributed by atoms with E-state index in [1.165, 1.54) is 38.5 Å². The van der Waals surface area contributed by atoms with Crippen molar-refractivity contribution >= 4 is 46.2 Å². The second-order valence-corrected chi connectivity index (χ2v) is 10.7. The molecule has 1 saturated heterocycles. The normalized spacial score (nSPS) is 32.2. The van der Waals surface area contributed by atoms with E-state index in [-0.39, 0.29) is 11.3 Å². The summed E-state index contributed by atoms with van der Waals surface area (Å²) in [6.45, 7) is 3.05. The number of anilines is 2. The average Bonchev–Trinajstić information content (AvgIpc) is 2.67. The molecule has 1 heterocycles. The van der Waals surface area contributed by atoms with E-state index in [4.69, 9.17) is 28.6 Å². The summed E-state index contributed by atoms with van der Waals surface area (Å²) in [5.74, 6) is 2.58. The molecule has 1 aromatic rings. The Labute approximate surface area is 188 Å². The summed E-state index contributed by atoms with van der Waals surface area (Å²) in [7, 11) is 0. The second-order valence-electron chi connectivity index (χ2n) is 9.86. The van der Waals surface area contributed by atoms with Crippen molar-refractivity contribution in [3.63, 3.8) is 0 Å². The molecule has 0 spiro atoms. The fraction of sp³-hybridized carbons (Fsp3) is 0.652. The minimum absolute atomic E-state index is 0.0457. The number of hydrogen-bond donors (Lipinski definition) is 2. The number of thiocarbonyl (C=S) groups is 1. The molecule has 1 amide bonds. The van der Waals surface area contributed by atoms with Crippen molar-refractivity contribution in [1.29, 1.82) is 0 Å². The van der Waals surface area contributed by atoms with E-state index in [0.29, 0.717) is 29.8 Å². The Balaban J connectivity index is 1.22. The lowest BCUT2D eigenvalue weighted by atomic mass is 9.49. The molecular weight excluding hydrogens is 418 g/mol. The number of morpholine rings is 1. The van der Waals surface area contributed by atoms with Crippen LogP contribution in [0.25, 0.3) is 0 Å². The molecular formula is C23H30ClN3O2S. The molecule has 0 atom stereocenters. The van der Waals surface area contributed by atoms with Crippen LogP contribution in [-0.4, -0.2) is 37.3 Å². The first-order valence-electron chi connectivity index (χ1n) is 11.2. The molecule has 2 N–H and O–H groups in total. The minimum Gasteiger partial charge on any atom is -0.378 e. The number of amides is 1. The number of nitrogens with zero attached hydrogens (tertiary/aromatic N) is 1. The fourth-order valence-electron chi connectivity index (χ4n) is 6.86. The zero-order chi connectivity index (χ0) is 20.7. The highest BCUT2D eigenvalue weighted by molar-refractivity contribution is 7.80. The molecule has 6 rings (SSSR count). The summed E-state index contributed by atoms with van der Waals surface area (Å²) in [4.78, 5) is 15.1. The monoisotopic (exact) mass is 447 g/mol. The van der Waals surface area contributed by atoms with Gasteiger partial charge >= 0.3 is 0 Å². The largest absolute Gasteiger partial charge is 0.378 e. The Morgan fingerprint density at radius 3 is 2.40 bits per heavy atom. The third-order valence-corrected chi connectivity index (χ3v) is 7.95. The van der Waals surface area contributed by atoms with Gasteiger partial charge in [-0.2, -0.15) is 0 Å². The molecule has 1 aliphatic heterocycles. The van der Waals surface area contributed by atoms with Gasteiger partial charge in [0.2, 0.25) is 5.91 Å². The molecule has 5 fully saturated rings. The first-order valence-corrected chi connectivity index (χ1v) is 12.0. The molecule has 4 aliphatic carbocycles. The predicted molar refractivity (Wildman–Crippen MR) is 124 cm³/mol. The van der Waals surface area contributed by atoms with E-state index >= 15 is 0 Å². The van der Waals surface area contributed by atoms with Crippen LogP contribution in [0.2, 0.25) is 5.02 Å². The highest BCUT2D eigenvalue weighted by Crippen LogP contribution is 2.61. The minimum atomic E-state index is 0.0457. The van der Waals surface area contributed by atoms with Crippen molar-refractivity contribution in [1.82, 2.24) is 5.32 Å². The quantitative estimate of drug-likeness (QED) is 0.661. The highest BCUT2D eigenvalue weighted by atomic mass is 35.5. The van der Waals surface area contributed by atoms with Crippen LogP contribution in [0.4, 0.5) is 11.4 Å². The maximum Gasteiger partial charge on any atom is 0.226 e. The second kappa shape index (κ2) is 8.29. The molecule has 30 heavy (non-hydrogen) atoms. The van der Waals surface area contributed by atoms with E-state index in [9.17, 15) is 4.79 Å². The number of nitrogens with one attached hydrogen (secondary N) is 2. The number of carbonyl (C=O) groups excluding carboxylic acids is 1. The third kappa shape index (κ3) is 4.32. The Morgan fingerprint density at radius 2 is 1.77 bits per heavy atom. The van der Waals surface area contributed by atoms with E-state index in [1.54, 1.807) is 0 Å². The van der Waals surface area contributed by atoms with Gasteiger partial charge in [0, 0.05) is 24.5 Å². The van der Waals surface area contributed by atoms with Crippen LogP contribution in [0.5, 0.6) is 0 Å². The molecule has 7 heteroatoms. The van der Waals surface area contributed by atoms with Crippen molar-refractivity contribution in [2.75, 3.05) is 36.5 Å². The van der Waals surface area contributed by atoms with Crippen molar-refractivity contribution < 1.29 is 9.53 Å². The van der Waals surface area contributed by atoms with Crippen LogP contribution in [-0.2, 0) is 9.53 Å². The fourth-order valence-corrected chi connectivity index (χ4v) is 7.26. The van der Waals surface area contributed by atoms with Gasteiger partial charge in [0.1, 0.15) is 0 Å². The molecule has 0 aromatic heterocycles. The van der Waals surface area contributed by atoms with Crippen molar-refractivity contribution in [2.45, 2.75) is 44.9 Å². The first kappa shape index (κ1) is 20.5. The van der Waals surface area contributed by atoms with Gasteiger partial charge in [-0.1, -0.05) is 11.6 Å². The van der Waals surface area contributed by atoms with E-state index in [0.717, 1.165) is 42.2 Å². The molecule has 0 unspecified atom stereocenters. The van der Waals surface area contributed by atoms with E-state index in [1.807, 2.05) is 18.2 Å². The summed E-state index contributed by atoms with van der Waals surface area (Å²) in [5.41, 5.74) is 2.06. The number of carbonyl (C=O) groups is 1. The van der Waals surface area contributed by atoms with Crippen molar-refractivity contribution in [3.8, 4) is 0 Å². The van der Waals surface area contributed by atoms with Crippen LogP contribution < -0.4 is 15.5 Å². The number of rotatable bonds is 4. The van der Waals surface area contributed by atoms with Crippen molar-refractivity contribution in [3.05, 3.63) is 23.2 Å². The summed E-state index contributed by atoms with van der Waals surface area (Å²) in [6.07, 6.45) is 8.44. The molecule has 4 saturated carbocycles. The highest BCUT2D eigenvalue weighted by Gasteiger charge is 2.51. The Bertz CT molecular complexity index is 804. The van der Waals surface area contributed by atoms with Crippen LogP contribution in [0.3, 0.4) is 0 Å². The van der Waals surface area contributed by atoms with Crippen LogP contribution in [0.1, 0.15) is 44.9 Å². The maximum atomic E-state index is 12.9. The molecule has 1 aromatic carbocycles. The number of halogens is 1. The topological polar surface area (TPSA) is 53.6 Å². The Hall–Kier alpha value is -1.37. The number of hydrogen-bond acceptors (Lipinski definition) is 4. The maximum absolute atomic E-state index is 12.9. The lowest BCUT2D eigenvalue weighted by molar-refractivity contribution is -0.127. The summed E-state index contributed by atoms with van der Waals surface area (Å²) < 4.78 is 5.46. The molecule has 5 aliphatic rings. The average molecular weight is 448 g/mol. The predicted octanol–water partition coefficient (Wildman–Crippen LogP) is 4.60. The van der Waals surface area contributed by atoms with Gasteiger partial charge in [0.15, 0.2) is 5.11 Å². The van der Waals surface area contributed by atoms with Crippen LogP contribution in [0, 0.1) is 23.2 Å². The van der Waals surface area contributed by atoms with Gasteiger partial charge < -0.3 is 20.3 Å². The summed E-state index contributed by atoms with van der Waals surface area (Å²) in [6, 6.07) is 5.74. The van der Waals surface area contributed by atoms with Gasteiger partial charge in [0.05, 0.1) is 24.6 Å².